The molecule has 5 nitrogen and oxygen atoms in total. The molecule has 1 atom stereocenters. The number of piperidine rings is 1. The van der Waals surface area contributed by atoms with Crippen molar-refractivity contribution < 1.29 is 14.6 Å². The Hall–Kier alpha value is -1.33. The van der Waals surface area contributed by atoms with Crippen LogP contribution in [0.25, 0.3) is 0 Å². The molecule has 2 rings (SSSR count). The number of carboxylic acid groups (broad SMARTS) is 1. The van der Waals surface area contributed by atoms with E-state index in [0.717, 1.165) is 25.9 Å². The summed E-state index contributed by atoms with van der Waals surface area (Å²) in [6.45, 7) is 4.22. The highest BCUT2D eigenvalue weighted by atomic mass is 35.5. The van der Waals surface area contributed by atoms with Crippen LogP contribution in [0.4, 0.5) is 5.82 Å². The van der Waals surface area contributed by atoms with Crippen LogP contribution in [0.15, 0.2) is 12.1 Å². The van der Waals surface area contributed by atoms with Gasteiger partial charge in [0.1, 0.15) is 11.0 Å². The SMILES string of the molecule is CCOC1CCCN(c2cc(C(=O)O)cc(Cl)n2)C1. The standard InChI is InChI=1S/C13H17ClN2O3/c1-2-19-10-4-3-5-16(8-10)12-7-9(13(17)18)6-11(14)15-12/h6-7,10H,2-5,8H2,1H3,(H,17,18). The number of anilines is 1. The highest BCUT2D eigenvalue weighted by molar-refractivity contribution is 6.29. The minimum Gasteiger partial charge on any atom is -0.478 e. The van der Waals surface area contributed by atoms with Gasteiger partial charge in [-0.25, -0.2) is 9.78 Å². The molecule has 104 valence electrons. The molecule has 0 amide bonds. The van der Waals surface area contributed by atoms with E-state index in [2.05, 4.69) is 4.98 Å². The zero-order valence-corrected chi connectivity index (χ0v) is 11.6. The van der Waals surface area contributed by atoms with E-state index >= 15 is 0 Å². The van der Waals surface area contributed by atoms with Gasteiger partial charge in [0.25, 0.3) is 0 Å². The minimum atomic E-state index is -0.996. The number of rotatable bonds is 4. The summed E-state index contributed by atoms with van der Waals surface area (Å²) in [4.78, 5) is 17.3. The second-order valence-electron chi connectivity index (χ2n) is 4.51. The molecule has 0 spiro atoms. The highest BCUT2D eigenvalue weighted by Gasteiger charge is 2.22. The first-order valence-corrected chi connectivity index (χ1v) is 6.75. The Kier molecular flexibility index (Phi) is 4.61. The van der Waals surface area contributed by atoms with Crippen molar-refractivity contribution in [3.8, 4) is 0 Å². The molecule has 1 aliphatic heterocycles. The van der Waals surface area contributed by atoms with Gasteiger partial charge in [0, 0.05) is 19.7 Å². The molecule has 1 aromatic rings. The zero-order valence-electron chi connectivity index (χ0n) is 10.8. The van der Waals surface area contributed by atoms with Gasteiger partial charge in [-0.2, -0.15) is 0 Å². The van der Waals surface area contributed by atoms with E-state index < -0.39 is 5.97 Å². The van der Waals surface area contributed by atoms with E-state index in [1.807, 2.05) is 11.8 Å². The molecule has 2 heterocycles. The van der Waals surface area contributed by atoms with Crippen molar-refractivity contribution in [3.63, 3.8) is 0 Å². The van der Waals surface area contributed by atoms with Gasteiger partial charge in [0.2, 0.25) is 0 Å². The fourth-order valence-electron chi connectivity index (χ4n) is 2.29. The molecule has 0 aliphatic carbocycles. The van der Waals surface area contributed by atoms with Crippen LogP contribution in [0.2, 0.25) is 5.15 Å². The van der Waals surface area contributed by atoms with Gasteiger partial charge in [0.15, 0.2) is 0 Å². The van der Waals surface area contributed by atoms with Gasteiger partial charge in [-0.3, -0.25) is 0 Å². The van der Waals surface area contributed by atoms with Crippen molar-refractivity contribution in [2.75, 3.05) is 24.6 Å². The van der Waals surface area contributed by atoms with Crippen molar-refractivity contribution in [1.29, 1.82) is 0 Å². The Morgan fingerprint density at radius 2 is 2.42 bits per heavy atom. The molecule has 0 aromatic carbocycles. The van der Waals surface area contributed by atoms with Crippen molar-refractivity contribution in [3.05, 3.63) is 22.8 Å². The summed E-state index contributed by atoms with van der Waals surface area (Å²) in [7, 11) is 0. The van der Waals surface area contributed by atoms with E-state index in [4.69, 9.17) is 21.4 Å². The fourth-order valence-corrected chi connectivity index (χ4v) is 2.49. The van der Waals surface area contributed by atoms with E-state index in [-0.39, 0.29) is 16.8 Å². The van der Waals surface area contributed by atoms with Crippen LogP contribution in [-0.4, -0.2) is 41.9 Å². The van der Waals surface area contributed by atoms with E-state index in [1.54, 1.807) is 6.07 Å². The van der Waals surface area contributed by atoms with Crippen LogP contribution in [0, 0.1) is 0 Å². The maximum atomic E-state index is 11.0. The molecule has 1 aliphatic rings. The van der Waals surface area contributed by atoms with E-state index in [1.165, 1.54) is 6.07 Å². The molecule has 1 N–H and O–H groups in total. The van der Waals surface area contributed by atoms with Crippen LogP contribution in [0.1, 0.15) is 30.1 Å². The summed E-state index contributed by atoms with van der Waals surface area (Å²) in [5, 5.41) is 9.24. The fraction of sp³-hybridized carbons (Fsp3) is 0.538. The number of aromatic nitrogens is 1. The summed E-state index contributed by atoms with van der Waals surface area (Å²) in [6.07, 6.45) is 2.20. The first-order chi connectivity index (χ1) is 9.10. The Morgan fingerprint density at radius 3 is 3.11 bits per heavy atom. The quantitative estimate of drug-likeness (QED) is 0.861. The van der Waals surface area contributed by atoms with Gasteiger partial charge in [-0.05, 0) is 31.9 Å². The number of ether oxygens (including phenoxy) is 1. The number of hydrogen-bond acceptors (Lipinski definition) is 4. The molecular weight excluding hydrogens is 268 g/mol. The number of carboxylic acids is 1. The first kappa shape index (κ1) is 14.1. The lowest BCUT2D eigenvalue weighted by Crippen LogP contribution is -2.40. The number of carbonyl (C=O) groups is 1. The molecule has 1 unspecified atom stereocenters. The number of halogens is 1. The smallest absolute Gasteiger partial charge is 0.335 e. The molecule has 0 radical (unpaired) electrons. The minimum absolute atomic E-state index is 0.161. The lowest BCUT2D eigenvalue weighted by molar-refractivity contribution is 0.0525. The van der Waals surface area contributed by atoms with Crippen LogP contribution in [0.5, 0.6) is 0 Å². The molecule has 0 saturated carbocycles. The normalized spacial score (nSPS) is 19.5. The van der Waals surface area contributed by atoms with E-state index in [0.29, 0.717) is 12.4 Å². The predicted octanol–water partition coefficient (Wildman–Crippen LogP) is 2.44. The molecule has 6 heteroatoms. The molecule has 19 heavy (non-hydrogen) atoms. The maximum absolute atomic E-state index is 11.0. The summed E-state index contributed by atoms with van der Waals surface area (Å²) in [5.41, 5.74) is 0.161. The number of nitrogens with zero attached hydrogens (tertiary/aromatic N) is 2. The summed E-state index contributed by atoms with van der Waals surface area (Å²) < 4.78 is 5.62. The van der Waals surface area contributed by atoms with Crippen LogP contribution >= 0.6 is 11.6 Å². The third-order valence-electron chi connectivity index (χ3n) is 3.13. The maximum Gasteiger partial charge on any atom is 0.335 e. The second kappa shape index (κ2) is 6.21. The number of aromatic carboxylic acids is 1. The highest BCUT2D eigenvalue weighted by Crippen LogP contribution is 2.23. The van der Waals surface area contributed by atoms with Crippen molar-refractivity contribution in [2.45, 2.75) is 25.9 Å². The predicted molar refractivity (Wildman–Crippen MR) is 73.1 cm³/mol. The van der Waals surface area contributed by atoms with Crippen LogP contribution in [0.3, 0.4) is 0 Å². The van der Waals surface area contributed by atoms with Gasteiger partial charge >= 0.3 is 5.97 Å². The topological polar surface area (TPSA) is 62.7 Å². The lowest BCUT2D eigenvalue weighted by Gasteiger charge is -2.33. The van der Waals surface area contributed by atoms with Gasteiger partial charge in [-0.1, -0.05) is 11.6 Å². The average Bonchev–Trinajstić information content (AvgIpc) is 2.38. The van der Waals surface area contributed by atoms with Crippen molar-refractivity contribution in [2.24, 2.45) is 0 Å². The molecule has 1 aromatic heterocycles. The lowest BCUT2D eigenvalue weighted by atomic mass is 10.1. The Morgan fingerprint density at radius 1 is 1.63 bits per heavy atom. The van der Waals surface area contributed by atoms with Crippen LogP contribution < -0.4 is 4.90 Å². The Labute approximate surface area is 117 Å². The number of pyridine rings is 1. The molecular formula is C13H17ClN2O3. The molecule has 0 bridgehead atoms. The third-order valence-corrected chi connectivity index (χ3v) is 3.33. The average molecular weight is 285 g/mol. The summed E-state index contributed by atoms with van der Waals surface area (Å²) in [5.74, 6) is -0.391. The van der Waals surface area contributed by atoms with Crippen molar-refractivity contribution >= 4 is 23.4 Å². The van der Waals surface area contributed by atoms with Gasteiger partial charge in [0.05, 0.1) is 11.7 Å². The first-order valence-electron chi connectivity index (χ1n) is 6.37. The summed E-state index contributed by atoms with van der Waals surface area (Å²) in [6, 6.07) is 2.92. The second-order valence-corrected chi connectivity index (χ2v) is 4.89. The number of hydrogen-bond donors (Lipinski definition) is 1. The van der Waals surface area contributed by atoms with E-state index in [9.17, 15) is 4.79 Å². The van der Waals surface area contributed by atoms with Crippen LogP contribution in [-0.2, 0) is 4.74 Å². The zero-order chi connectivity index (χ0) is 13.8. The van der Waals surface area contributed by atoms with Gasteiger partial charge in [-0.15, -0.1) is 0 Å². The Bertz CT molecular complexity index is 465. The molecule has 1 fully saturated rings. The Balaban J connectivity index is 2.18. The van der Waals surface area contributed by atoms with Crippen molar-refractivity contribution in [1.82, 2.24) is 4.98 Å². The monoisotopic (exact) mass is 284 g/mol. The third kappa shape index (κ3) is 3.58. The summed E-state index contributed by atoms with van der Waals surface area (Å²) >= 11 is 5.88. The van der Waals surface area contributed by atoms with Gasteiger partial charge < -0.3 is 14.7 Å². The molecule has 1 saturated heterocycles. The largest absolute Gasteiger partial charge is 0.478 e.